The van der Waals surface area contributed by atoms with Crippen LogP contribution in [0.5, 0.6) is 5.75 Å². The van der Waals surface area contributed by atoms with Gasteiger partial charge in [-0.1, -0.05) is 42.4 Å². The summed E-state index contributed by atoms with van der Waals surface area (Å²) in [6.07, 6.45) is 0.920. The third-order valence-corrected chi connectivity index (χ3v) is 6.46. The SMILES string of the molecule is CCOc1ccc(N2C(=O)C(Nc3ccc(CC)cc3)=C(Sc3ccc(Cl)cc3)C2=O)cc1. The van der Waals surface area contributed by atoms with Crippen molar-refractivity contribution in [2.45, 2.75) is 25.2 Å². The fraction of sp³-hybridized carbons (Fsp3) is 0.154. The van der Waals surface area contributed by atoms with E-state index in [1.54, 1.807) is 36.4 Å². The van der Waals surface area contributed by atoms with Gasteiger partial charge < -0.3 is 10.1 Å². The summed E-state index contributed by atoms with van der Waals surface area (Å²) in [5, 5.41) is 3.79. The van der Waals surface area contributed by atoms with Gasteiger partial charge in [0.25, 0.3) is 11.8 Å². The van der Waals surface area contributed by atoms with E-state index < -0.39 is 5.91 Å². The fourth-order valence-corrected chi connectivity index (χ4v) is 4.45. The zero-order chi connectivity index (χ0) is 23.4. The lowest BCUT2D eigenvalue weighted by Crippen LogP contribution is -2.32. The van der Waals surface area contributed by atoms with Gasteiger partial charge in [0.1, 0.15) is 16.4 Å². The van der Waals surface area contributed by atoms with Crippen molar-refractivity contribution in [1.82, 2.24) is 0 Å². The van der Waals surface area contributed by atoms with E-state index >= 15 is 0 Å². The molecule has 0 aliphatic carbocycles. The van der Waals surface area contributed by atoms with Crippen molar-refractivity contribution in [2.24, 2.45) is 0 Å². The molecule has 0 atom stereocenters. The Bertz CT molecular complexity index is 1190. The summed E-state index contributed by atoms with van der Waals surface area (Å²) in [6, 6.07) is 21.9. The topological polar surface area (TPSA) is 58.6 Å². The quantitative estimate of drug-likeness (QED) is 0.385. The van der Waals surface area contributed by atoms with E-state index in [2.05, 4.69) is 12.2 Å². The van der Waals surface area contributed by atoms with Crippen LogP contribution in [0.4, 0.5) is 11.4 Å². The van der Waals surface area contributed by atoms with Gasteiger partial charge in [-0.2, -0.15) is 0 Å². The van der Waals surface area contributed by atoms with Crippen molar-refractivity contribution >= 4 is 46.6 Å². The summed E-state index contributed by atoms with van der Waals surface area (Å²) in [4.78, 5) is 29.2. The standard InChI is InChI=1S/C26H23ClN2O3S/c1-3-17-5-9-19(10-6-17)28-23-24(33-22-15-7-18(27)8-16-22)26(31)29(25(23)30)20-11-13-21(14-12-20)32-4-2/h5-16,28H,3-4H2,1-2H3. The first-order valence-corrected chi connectivity index (χ1v) is 11.8. The Kier molecular flexibility index (Phi) is 7.06. The van der Waals surface area contributed by atoms with Gasteiger partial charge in [-0.05, 0) is 79.6 Å². The number of carbonyl (C=O) groups is 2. The summed E-state index contributed by atoms with van der Waals surface area (Å²) in [5.74, 6) is -0.101. The number of nitrogens with zero attached hydrogens (tertiary/aromatic N) is 1. The lowest BCUT2D eigenvalue weighted by Gasteiger charge is -2.16. The molecule has 0 fully saturated rings. The van der Waals surface area contributed by atoms with Crippen molar-refractivity contribution in [2.75, 3.05) is 16.8 Å². The second-order valence-electron chi connectivity index (χ2n) is 7.31. The van der Waals surface area contributed by atoms with Crippen LogP contribution in [0.1, 0.15) is 19.4 Å². The highest BCUT2D eigenvalue weighted by atomic mass is 35.5. The number of aryl methyl sites for hydroxylation is 1. The number of imide groups is 1. The maximum atomic E-state index is 13.4. The Morgan fingerprint density at radius 1 is 0.879 bits per heavy atom. The zero-order valence-corrected chi connectivity index (χ0v) is 19.9. The minimum Gasteiger partial charge on any atom is -0.494 e. The molecule has 5 nitrogen and oxygen atoms in total. The van der Waals surface area contributed by atoms with E-state index in [1.807, 2.05) is 43.3 Å². The third-order valence-electron chi connectivity index (χ3n) is 5.11. The van der Waals surface area contributed by atoms with Crippen LogP contribution >= 0.6 is 23.4 Å². The summed E-state index contributed by atoms with van der Waals surface area (Å²) < 4.78 is 5.48. The molecular formula is C26H23ClN2O3S. The van der Waals surface area contributed by atoms with Gasteiger partial charge in [0.2, 0.25) is 0 Å². The molecule has 168 valence electrons. The van der Waals surface area contributed by atoms with Crippen molar-refractivity contribution < 1.29 is 14.3 Å². The molecule has 2 amide bonds. The fourth-order valence-electron chi connectivity index (χ4n) is 3.40. The van der Waals surface area contributed by atoms with E-state index in [0.717, 1.165) is 17.0 Å². The average molecular weight is 479 g/mol. The van der Waals surface area contributed by atoms with E-state index in [1.165, 1.54) is 22.2 Å². The second kappa shape index (κ2) is 10.1. The molecule has 0 aromatic heterocycles. The molecule has 7 heteroatoms. The summed E-state index contributed by atoms with van der Waals surface area (Å²) in [6.45, 7) is 4.52. The normalized spacial score (nSPS) is 13.6. The number of anilines is 2. The van der Waals surface area contributed by atoms with Gasteiger partial charge >= 0.3 is 0 Å². The first-order chi connectivity index (χ1) is 16.0. The molecule has 4 rings (SSSR count). The second-order valence-corrected chi connectivity index (χ2v) is 8.83. The largest absolute Gasteiger partial charge is 0.494 e. The van der Waals surface area contributed by atoms with Crippen LogP contribution in [-0.2, 0) is 16.0 Å². The Balaban J connectivity index is 1.68. The molecule has 0 spiro atoms. The molecule has 1 aliphatic rings. The number of halogens is 1. The molecule has 33 heavy (non-hydrogen) atoms. The molecule has 1 N–H and O–H groups in total. The first-order valence-electron chi connectivity index (χ1n) is 10.7. The van der Waals surface area contributed by atoms with Gasteiger partial charge in [0, 0.05) is 15.6 Å². The molecule has 1 heterocycles. The molecule has 0 saturated heterocycles. The molecule has 0 bridgehead atoms. The zero-order valence-electron chi connectivity index (χ0n) is 18.3. The highest BCUT2D eigenvalue weighted by Crippen LogP contribution is 2.38. The van der Waals surface area contributed by atoms with Gasteiger partial charge in [0.05, 0.1) is 12.3 Å². The molecule has 0 saturated carbocycles. The number of nitrogens with one attached hydrogen (secondary N) is 1. The summed E-state index contributed by atoms with van der Waals surface area (Å²) in [7, 11) is 0. The number of hydrogen-bond acceptors (Lipinski definition) is 5. The molecule has 1 aliphatic heterocycles. The van der Waals surface area contributed by atoms with Crippen LogP contribution in [0, 0.1) is 0 Å². The predicted molar refractivity (Wildman–Crippen MR) is 134 cm³/mol. The number of ether oxygens (including phenoxy) is 1. The Hall–Kier alpha value is -3.22. The van der Waals surface area contributed by atoms with Gasteiger partial charge in [-0.15, -0.1) is 0 Å². The van der Waals surface area contributed by atoms with Crippen LogP contribution in [0.15, 0.2) is 88.3 Å². The van der Waals surface area contributed by atoms with E-state index in [9.17, 15) is 9.59 Å². The van der Waals surface area contributed by atoms with Gasteiger partial charge in [-0.3, -0.25) is 9.59 Å². The lowest BCUT2D eigenvalue weighted by atomic mass is 10.1. The highest BCUT2D eigenvalue weighted by Gasteiger charge is 2.40. The highest BCUT2D eigenvalue weighted by molar-refractivity contribution is 8.04. The minimum absolute atomic E-state index is 0.248. The predicted octanol–water partition coefficient (Wildman–Crippen LogP) is 6.29. The molecule has 3 aromatic carbocycles. The molecular weight excluding hydrogens is 456 g/mol. The Labute approximate surface area is 202 Å². The van der Waals surface area contributed by atoms with Gasteiger partial charge in [0.15, 0.2) is 0 Å². The van der Waals surface area contributed by atoms with E-state index in [4.69, 9.17) is 16.3 Å². The van der Waals surface area contributed by atoms with E-state index in [0.29, 0.717) is 28.0 Å². The number of thioether (sulfide) groups is 1. The number of rotatable bonds is 8. The summed E-state index contributed by atoms with van der Waals surface area (Å²) in [5.41, 5.74) is 2.67. The van der Waals surface area contributed by atoms with Crippen molar-refractivity contribution in [3.05, 3.63) is 94.0 Å². The van der Waals surface area contributed by atoms with Crippen molar-refractivity contribution in [3.8, 4) is 5.75 Å². The maximum Gasteiger partial charge on any atom is 0.283 e. The van der Waals surface area contributed by atoms with Crippen molar-refractivity contribution in [1.29, 1.82) is 0 Å². The van der Waals surface area contributed by atoms with Crippen LogP contribution in [0.2, 0.25) is 5.02 Å². The van der Waals surface area contributed by atoms with Crippen LogP contribution in [0.25, 0.3) is 0 Å². The maximum absolute atomic E-state index is 13.4. The Morgan fingerprint density at radius 3 is 2.15 bits per heavy atom. The molecule has 0 unspecified atom stereocenters. The Morgan fingerprint density at radius 2 is 1.55 bits per heavy atom. The van der Waals surface area contributed by atoms with Crippen molar-refractivity contribution in [3.63, 3.8) is 0 Å². The monoisotopic (exact) mass is 478 g/mol. The molecule has 3 aromatic rings. The number of benzene rings is 3. The number of amides is 2. The molecule has 0 radical (unpaired) electrons. The summed E-state index contributed by atoms with van der Waals surface area (Å²) >= 11 is 7.24. The number of hydrogen-bond donors (Lipinski definition) is 1. The first kappa shape index (κ1) is 23.0. The van der Waals surface area contributed by atoms with Crippen LogP contribution in [-0.4, -0.2) is 18.4 Å². The third kappa shape index (κ3) is 5.07. The van der Waals surface area contributed by atoms with Crippen LogP contribution < -0.4 is 15.0 Å². The lowest BCUT2D eigenvalue weighted by molar-refractivity contribution is -0.120. The number of carbonyl (C=O) groups excluding carboxylic acids is 2. The van der Waals surface area contributed by atoms with E-state index in [-0.39, 0.29) is 11.6 Å². The van der Waals surface area contributed by atoms with Gasteiger partial charge in [-0.25, -0.2) is 4.90 Å². The smallest absolute Gasteiger partial charge is 0.283 e. The average Bonchev–Trinajstić information content (AvgIpc) is 3.05. The minimum atomic E-state index is -0.403. The van der Waals surface area contributed by atoms with Crippen LogP contribution in [0.3, 0.4) is 0 Å².